The van der Waals surface area contributed by atoms with Gasteiger partial charge in [-0.05, 0) is 37.1 Å². The molecule has 0 bridgehead atoms. The fraction of sp³-hybridized carbons (Fsp3) is 0.400. The summed E-state index contributed by atoms with van der Waals surface area (Å²) < 4.78 is 33.0. The number of anilines is 1. The fourth-order valence-corrected chi connectivity index (χ4v) is 6.68. The van der Waals surface area contributed by atoms with Gasteiger partial charge in [0.05, 0.1) is 18.7 Å². The van der Waals surface area contributed by atoms with E-state index in [2.05, 4.69) is 5.32 Å². The molecule has 2 aromatic rings. The Balaban J connectivity index is 1.54. The van der Waals surface area contributed by atoms with E-state index in [0.717, 1.165) is 24.2 Å². The zero-order valence-corrected chi connectivity index (χ0v) is 18.2. The van der Waals surface area contributed by atoms with Crippen molar-refractivity contribution in [3.05, 3.63) is 41.3 Å². The van der Waals surface area contributed by atoms with Gasteiger partial charge in [-0.25, -0.2) is 8.42 Å². The highest BCUT2D eigenvalue weighted by Crippen LogP contribution is 2.34. The molecule has 30 heavy (non-hydrogen) atoms. The maximum Gasteiger partial charge on any atom is 0.262 e. The zero-order chi connectivity index (χ0) is 21.3. The van der Waals surface area contributed by atoms with Crippen molar-refractivity contribution < 1.29 is 22.7 Å². The van der Waals surface area contributed by atoms with Gasteiger partial charge >= 0.3 is 0 Å². The van der Waals surface area contributed by atoms with E-state index in [4.69, 9.17) is 4.74 Å². The number of carbonyl (C=O) groups is 2. The third kappa shape index (κ3) is 3.94. The minimum absolute atomic E-state index is 0.0506. The van der Waals surface area contributed by atoms with Crippen molar-refractivity contribution in [2.24, 2.45) is 0 Å². The number of nitrogens with zero attached hydrogens (tertiary/aromatic N) is 2. The highest BCUT2D eigenvalue weighted by Gasteiger charge is 2.34. The van der Waals surface area contributed by atoms with Crippen molar-refractivity contribution in [1.29, 1.82) is 0 Å². The van der Waals surface area contributed by atoms with Gasteiger partial charge in [0, 0.05) is 25.0 Å². The number of fused-ring (bicyclic) bond motifs is 1. The number of thiophene rings is 1. The summed E-state index contributed by atoms with van der Waals surface area (Å²) in [6, 6.07) is 10.3. The van der Waals surface area contributed by atoms with Crippen molar-refractivity contribution in [1.82, 2.24) is 9.62 Å². The maximum atomic E-state index is 13.1. The average molecular weight is 450 g/mol. The topological polar surface area (TPSA) is 96.0 Å². The van der Waals surface area contributed by atoms with E-state index in [0.29, 0.717) is 29.4 Å². The highest BCUT2D eigenvalue weighted by molar-refractivity contribution is 7.91. The fourth-order valence-electron chi connectivity index (χ4n) is 3.66. The van der Waals surface area contributed by atoms with Gasteiger partial charge in [0.2, 0.25) is 5.91 Å². The molecule has 2 amide bonds. The molecule has 1 saturated heterocycles. The first-order valence-corrected chi connectivity index (χ1v) is 12.0. The van der Waals surface area contributed by atoms with Gasteiger partial charge in [-0.3, -0.25) is 9.59 Å². The SMILES string of the molecule is CNC(=O)C1CN(C(=O)Cc2ccc(S(=O)(=O)N3CCCC3)s2)c2ccccc2O1. The molecule has 0 spiro atoms. The number of amides is 2. The molecule has 1 fully saturated rings. The van der Waals surface area contributed by atoms with Crippen molar-refractivity contribution in [3.63, 3.8) is 0 Å². The monoisotopic (exact) mass is 449 g/mol. The summed E-state index contributed by atoms with van der Waals surface area (Å²) in [6.45, 7) is 1.18. The number of ether oxygens (including phenoxy) is 1. The minimum atomic E-state index is -3.50. The molecule has 1 unspecified atom stereocenters. The Labute approximate surface area is 179 Å². The summed E-state index contributed by atoms with van der Waals surface area (Å²) in [5, 5.41) is 2.55. The maximum absolute atomic E-state index is 13.1. The molecule has 0 aliphatic carbocycles. The molecule has 2 aliphatic rings. The standard InChI is InChI=1S/C20H23N3O5S2/c1-21-20(25)17-13-23(15-6-2-3-7-16(15)28-17)18(24)12-14-8-9-19(29-14)30(26,27)22-10-4-5-11-22/h2-3,6-9,17H,4-5,10-13H2,1H3,(H,21,25). The van der Waals surface area contributed by atoms with Gasteiger partial charge in [-0.1, -0.05) is 12.1 Å². The molecule has 3 heterocycles. The molecule has 2 aliphatic heterocycles. The van der Waals surface area contributed by atoms with E-state index < -0.39 is 16.1 Å². The summed E-state index contributed by atoms with van der Waals surface area (Å²) in [4.78, 5) is 27.4. The second kappa shape index (κ2) is 8.37. The number of sulfonamides is 1. The Morgan fingerprint density at radius 3 is 2.63 bits per heavy atom. The van der Waals surface area contributed by atoms with Crippen LogP contribution in [0.5, 0.6) is 5.75 Å². The first-order chi connectivity index (χ1) is 14.4. The Hall–Kier alpha value is -2.43. The number of carbonyl (C=O) groups excluding carboxylic acids is 2. The predicted molar refractivity (Wildman–Crippen MR) is 113 cm³/mol. The van der Waals surface area contributed by atoms with Gasteiger partial charge in [-0.2, -0.15) is 4.31 Å². The lowest BCUT2D eigenvalue weighted by Gasteiger charge is -2.34. The van der Waals surface area contributed by atoms with Gasteiger partial charge in [0.15, 0.2) is 6.10 Å². The summed E-state index contributed by atoms with van der Waals surface area (Å²) in [5.74, 6) is -0.0572. The molecule has 1 atom stereocenters. The second-order valence-corrected chi connectivity index (χ2v) is 10.5. The first kappa shape index (κ1) is 20.8. The third-order valence-electron chi connectivity index (χ3n) is 5.24. The van der Waals surface area contributed by atoms with Crippen molar-refractivity contribution in [2.75, 3.05) is 31.6 Å². The smallest absolute Gasteiger partial charge is 0.262 e. The summed E-state index contributed by atoms with van der Waals surface area (Å²) in [6.07, 6.45) is 0.996. The number of likely N-dealkylation sites (N-methyl/N-ethyl adjacent to an activating group) is 1. The van der Waals surface area contributed by atoms with Crippen LogP contribution in [-0.2, 0) is 26.0 Å². The molecule has 0 saturated carbocycles. The van der Waals surface area contributed by atoms with Crippen LogP contribution in [0.1, 0.15) is 17.7 Å². The van der Waals surface area contributed by atoms with Crippen LogP contribution in [0.3, 0.4) is 0 Å². The Kier molecular flexibility index (Phi) is 5.81. The van der Waals surface area contributed by atoms with E-state index >= 15 is 0 Å². The van der Waals surface area contributed by atoms with E-state index in [9.17, 15) is 18.0 Å². The van der Waals surface area contributed by atoms with Crippen molar-refractivity contribution in [2.45, 2.75) is 29.6 Å². The predicted octanol–water partition coefficient (Wildman–Crippen LogP) is 1.62. The van der Waals surface area contributed by atoms with Crippen LogP contribution in [-0.4, -0.2) is 57.3 Å². The quantitative estimate of drug-likeness (QED) is 0.748. The molecule has 1 aromatic carbocycles. The molecule has 1 aromatic heterocycles. The summed E-state index contributed by atoms with van der Waals surface area (Å²) in [5.41, 5.74) is 0.601. The largest absolute Gasteiger partial charge is 0.477 e. The van der Waals surface area contributed by atoms with Crippen LogP contribution >= 0.6 is 11.3 Å². The second-order valence-electron chi connectivity index (χ2n) is 7.20. The molecular weight excluding hydrogens is 426 g/mol. The molecule has 160 valence electrons. The number of hydrogen-bond donors (Lipinski definition) is 1. The lowest BCUT2D eigenvalue weighted by molar-refractivity contribution is -0.127. The van der Waals surface area contributed by atoms with Crippen LogP contribution in [0.2, 0.25) is 0 Å². The number of nitrogens with one attached hydrogen (secondary N) is 1. The number of benzene rings is 1. The number of para-hydroxylation sites is 2. The molecule has 10 heteroatoms. The normalized spacial score (nSPS) is 19.2. The first-order valence-electron chi connectivity index (χ1n) is 9.76. The molecule has 0 radical (unpaired) electrons. The Bertz CT molecular complexity index is 1060. The van der Waals surface area contributed by atoms with E-state index in [-0.39, 0.29) is 29.0 Å². The Morgan fingerprint density at radius 1 is 1.17 bits per heavy atom. The third-order valence-corrected chi connectivity index (χ3v) is 8.69. The average Bonchev–Trinajstić information content (AvgIpc) is 3.45. The van der Waals surface area contributed by atoms with Crippen LogP contribution in [0.4, 0.5) is 5.69 Å². The van der Waals surface area contributed by atoms with Crippen LogP contribution in [0, 0.1) is 0 Å². The number of rotatable bonds is 5. The van der Waals surface area contributed by atoms with Gasteiger partial charge in [0.1, 0.15) is 9.96 Å². The Morgan fingerprint density at radius 2 is 1.90 bits per heavy atom. The van der Waals surface area contributed by atoms with Gasteiger partial charge in [0.25, 0.3) is 15.9 Å². The number of hydrogen-bond acceptors (Lipinski definition) is 6. The summed E-state index contributed by atoms with van der Waals surface area (Å²) in [7, 11) is -1.98. The van der Waals surface area contributed by atoms with Crippen molar-refractivity contribution in [3.8, 4) is 5.75 Å². The molecular formula is C20H23N3O5S2. The lowest BCUT2D eigenvalue weighted by atomic mass is 10.1. The molecule has 1 N–H and O–H groups in total. The van der Waals surface area contributed by atoms with Gasteiger partial charge in [-0.15, -0.1) is 11.3 Å². The van der Waals surface area contributed by atoms with E-state index in [1.165, 1.54) is 16.3 Å². The molecule has 4 rings (SSSR count). The minimum Gasteiger partial charge on any atom is -0.477 e. The zero-order valence-electron chi connectivity index (χ0n) is 16.5. The van der Waals surface area contributed by atoms with Crippen LogP contribution in [0.25, 0.3) is 0 Å². The van der Waals surface area contributed by atoms with E-state index in [1.54, 1.807) is 36.4 Å². The van der Waals surface area contributed by atoms with Gasteiger partial charge < -0.3 is 15.0 Å². The highest BCUT2D eigenvalue weighted by atomic mass is 32.2. The van der Waals surface area contributed by atoms with E-state index in [1.807, 2.05) is 0 Å². The van der Waals surface area contributed by atoms with Crippen molar-refractivity contribution >= 4 is 38.9 Å². The van der Waals surface area contributed by atoms with Crippen LogP contribution in [0.15, 0.2) is 40.6 Å². The molecule has 8 nitrogen and oxygen atoms in total. The lowest BCUT2D eigenvalue weighted by Crippen LogP contribution is -2.50. The summed E-state index contributed by atoms with van der Waals surface area (Å²) >= 11 is 1.12. The van der Waals surface area contributed by atoms with Crippen LogP contribution < -0.4 is 15.0 Å².